The summed E-state index contributed by atoms with van der Waals surface area (Å²) < 4.78 is 5.15. The zero-order valence-corrected chi connectivity index (χ0v) is 15.3. The minimum atomic E-state index is -0.825. The van der Waals surface area contributed by atoms with Crippen LogP contribution in [-0.2, 0) is 14.3 Å². The highest BCUT2D eigenvalue weighted by Gasteiger charge is 2.18. The van der Waals surface area contributed by atoms with E-state index in [-0.39, 0.29) is 11.8 Å². The van der Waals surface area contributed by atoms with Gasteiger partial charge in [-0.05, 0) is 36.4 Å². The Morgan fingerprint density at radius 1 is 1.20 bits per heavy atom. The van der Waals surface area contributed by atoms with E-state index in [0.29, 0.717) is 6.54 Å². The standard InChI is InChI=1S/C20H23NO3S/c1-3-16(17-8-5-4-6-9-17)14-21-20(23)15(2)24-19(22)12-11-18-10-7-13-25-18/h4-13,15-16H,3,14H2,1-2H3,(H,21,23)/b12-11+/t15-,16+/m0/s1. The fourth-order valence-corrected chi connectivity index (χ4v) is 3.01. The van der Waals surface area contributed by atoms with Crippen LogP contribution in [-0.4, -0.2) is 24.5 Å². The van der Waals surface area contributed by atoms with E-state index in [9.17, 15) is 9.59 Å². The highest BCUT2D eigenvalue weighted by atomic mass is 32.1. The molecular weight excluding hydrogens is 334 g/mol. The number of amides is 1. The second kappa shape index (κ2) is 9.79. The predicted molar refractivity (Wildman–Crippen MR) is 101 cm³/mol. The SMILES string of the molecule is CC[C@H](CNC(=O)[C@H](C)OC(=O)/C=C/c1cccs1)c1ccccc1. The number of carbonyl (C=O) groups is 2. The largest absolute Gasteiger partial charge is 0.449 e. The zero-order chi connectivity index (χ0) is 18.1. The first-order chi connectivity index (χ1) is 12.1. The number of thiophene rings is 1. The van der Waals surface area contributed by atoms with Crippen LogP contribution in [0.5, 0.6) is 0 Å². The summed E-state index contributed by atoms with van der Waals surface area (Å²) in [6.45, 7) is 4.19. The first-order valence-electron chi connectivity index (χ1n) is 8.35. The van der Waals surface area contributed by atoms with E-state index < -0.39 is 12.1 Å². The van der Waals surface area contributed by atoms with E-state index >= 15 is 0 Å². The molecule has 2 aromatic rings. The molecule has 2 rings (SSSR count). The maximum atomic E-state index is 12.2. The van der Waals surface area contributed by atoms with Crippen molar-refractivity contribution in [2.24, 2.45) is 0 Å². The molecule has 1 N–H and O–H groups in total. The van der Waals surface area contributed by atoms with Crippen molar-refractivity contribution in [1.82, 2.24) is 5.32 Å². The third kappa shape index (κ3) is 6.19. The van der Waals surface area contributed by atoms with Crippen molar-refractivity contribution in [2.75, 3.05) is 6.54 Å². The van der Waals surface area contributed by atoms with Crippen LogP contribution >= 0.6 is 11.3 Å². The van der Waals surface area contributed by atoms with Crippen LogP contribution in [0.15, 0.2) is 53.9 Å². The molecule has 5 heteroatoms. The molecule has 0 fully saturated rings. The van der Waals surface area contributed by atoms with Gasteiger partial charge in [-0.15, -0.1) is 11.3 Å². The first kappa shape index (κ1) is 18.9. The van der Waals surface area contributed by atoms with Gasteiger partial charge in [-0.1, -0.05) is 43.3 Å². The molecule has 0 bridgehead atoms. The van der Waals surface area contributed by atoms with E-state index in [1.807, 2.05) is 35.7 Å². The average Bonchev–Trinajstić information content (AvgIpc) is 3.14. The van der Waals surface area contributed by atoms with Crippen LogP contribution in [0.1, 0.15) is 36.6 Å². The fourth-order valence-electron chi connectivity index (χ4n) is 2.39. The lowest BCUT2D eigenvalue weighted by molar-refractivity contribution is -0.150. The number of hydrogen-bond acceptors (Lipinski definition) is 4. The lowest BCUT2D eigenvalue weighted by Crippen LogP contribution is -2.37. The number of hydrogen-bond donors (Lipinski definition) is 1. The highest BCUT2D eigenvalue weighted by molar-refractivity contribution is 7.10. The van der Waals surface area contributed by atoms with Gasteiger partial charge < -0.3 is 10.1 Å². The van der Waals surface area contributed by atoms with Gasteiger partial charge in [0.05, 0.1) is 0 Å². The lowest BCUT2D eigenvalue weighted by Gasteiger charge is -2.18. The third-order valence-corrected chi connectivity index (χ3v) is 4.71. The first-order valence-corrected chi connectivity index (χ1v) is 9.23. The topological polar surface area (TPSA) is 55.4 Å². The van der Waals surface area contributed by atoms with Crippen LogP contribution in [0.4, 0.5) is 0 Å². The molecule has 0 unspecified atom stereocenters. The summed E-state index contributed by atoms with van der Waals surface area (Å²) in [5, 5.41) is 4.80. The molecule has 0 aliphatic carbocycles. The van der Waals surface area contributed by atoms with Crippen LogP contribution in [0.2, 0.25) is 0 Å². The quantitative estimate of drug-likeness (QED) is 0.574. The summed E-state index contributed by atoms with van der Waals surface area (Å²) in [6.07, 6.45) is 3.12. The molecule has 0 aliphatic heterocycles. The van der Waals surface area contributed by atoms with Crippen LogP contribution in [0.25, 0.3) is 6.08 Å². The minimum Gasteiger partial charge on any atom is -0.449 e. The molecule has 1 heterocycles. The molecule has 1 amide bonds. The Morgan fingerprint density at radius 3 is 2.60 bits per heavy atom. The summed E-state index contributed by atoms with van der Waals surface area (Å²) in [6, 6.07) is 13.9. The van der Waals surface area contributed by atoms with Gasteiger partial charge in [0.2, 0.25) is 0 Å². The van der Waals surface area contributed by atoms with Gasteiger partial charge in [-0.3, -0.25) is 4.79 Å². The number of carbonyl (C=O) groups excluding carboxylic acids is 2. The number of nitrogens with one attached hydrogen (secondary N) is 1. The molecule has 1 aromatic carbocycles. The second-order valence-electron chi connectivity index (χ2n) is 5.69. The second-order valence-corrected chi connectivity index (χ2v) is 6.67. The number of benzene rings is 1. The van der Waals surface area contributed by atoms with Gasteiger partial charge in [0, 0.05) is 23.4 Å². The van der Waals surface area contributed by atoms with Crippen molar-refractivity contribution in [3.05, 3.63) is 64.4 Å². The molecule has 25 heavy (non-hydrogen) atoms. The molecule has 0 aliphatic rings. The lowest BCUT2D eigenvalue weighted by atomic mass is 9.96. The number of ether oxygens (including phenoxy) is 1. The van der Waals surface area contributed by atoms with Crippen molar-refractivity contribution >= 4 is 29.3 Å². The van der Waals surface area contributed by atoms with Crippen molar-refractivity contribution in [3.63, 3.8) is 0 Å². The van der Waals surface area contributed by atoms with Gasteiger partial charge in [-0.25, -0.2) is 4.79 Å². The predicted octanol–water partition coefficient (Wildman–Crippen LogP) is 4.00. The van der Waals surface area contributed by atoms with Crippen LogP contribution < -0.4 is 5.32 Å². The highest BCUT2D eigenvalue weighted by Crippen LogP contribution is 2.18. The van der Waals surface area contributed by atoms with E-state index in [0.717, 1.165) is 11.3 Å². The van der Waals surface area contributed by atoms with Gasteiger partial charge in [0.1, 0.15) is 0 Å². The maximum absolute atomic E-state index is 12.2. The molecule has 0 spiro atoms. The van der Waals surface area contributed by atoms with Gasteiger partial charge in [-0.2, -0.15) is 0 Å². The van der Waals surface area contributed by atoms with Crippen LogP contribution in [0.3, 0.4) is 0 Å². The van der Waals surface area contributed by atoms with E-state index in [1.165, 1.54) is 23.0 Å². The average molecular weight is 357 g/mol. The third-order valence-electron chi connectivity index (χ3n) is 3.88. The summed E-state index contributed by atoms with van der Waals surface area (Å²) in [5.41, 5.74) is 1.19. The Bertz CT molecular complexity index is 695. The molecule has 0 saturated carbocycles. The Morgan fingerprint density at radius 2 is 1.96 bits per heavy atom. The summed E-state index contributed by atoms with van der Waals surface area (Å²) >= 11 is 1.53. The van der Waals surface area contributed by atoms with Crippen molar-refractivity contribution in [2.45, 2.75) is 32.3 Å². The monoisotopic (exact) mass is 357 g/mol. The Kier molecular flexibility index (Phi) is 7.41. The van der Waals surface area contributed by atoms with Gasteiger partial charge in [0.25, 0.3) is 5.91 Å². The van der Waals surface area contributed by atoms with Crippen molar-refractivity contribution in [1.29, 1.82) is 0 Å². The van der Waals surface area contributed by atoms with E-state index in [4.69, 9.17) is 4.74 Å². The zero-order valence-electron chi connectivity index (χ0n) is 14.5. The number of rotatable bonds is 8. The van der Waals surface area contributed by atoms with Gasteiger partial charge in [0.15, 0.2) is 6.10 Å². The van der Waals surface area contributed by atoms with Crippen molar-refractivity contribution < 1.29 is 14.3 Å². The van der Waals surface area contributed by atoms with Gasteiger partial charge >= 0.3 is 5.97 Å². The molecule has 1 aromatic heterocycles. The maximum Gasteiger partial charge on any atom is 0.331 e. The Balaban J connectivity index is 1.80. The summed E-state index contributed by atoms with van der Waals surface area (Å²) in [7, 11) is 0. The molecule has 2 atom stereocenters. The van der Waals surface area contributed by atoms with Crippen molar-refractivity contribution in [3.8, 4) is 0 Å². The normalized spacial score (nSPS) is 13.4. The Labute approximate surface area is 152 Å². The minimum absolute atomic E-state index is 0.242. The number of esters is 1. The van der Waals surface area contributed by atoms with E-state index in [1.54, 1.807) is 13.0 Å². The van der Waals surface area contributed by atoms with Crippen LogP contribution in [0, 0.1) is 0 Å². The molecular formula is C20H23NO3S. The summed E-state index contributed by atoms with van der Waals surface area (Å²) in [5.74, 6) is -0.565. The Hall–Kier alpha value is -2.40. The van der Waals surface area contributed by atoms with E-state index in [2.05, 4.69) is 24.4 Å². The molecule has 0 radical (unpaired) electrons. The molecule has 4 nitrogen and oxygen atoms in total. The fraction of sp³-hybridized carbons (Fsp3) is 0.300. The molecule has 0 saturated heterocycles. The summed E-state index contributed by atoms with van der Waals surface area (Å²) in [4.78, 5) is 24.9. The smallest absolute Gasteiger partial charge is 0.331 e. The molecule has 132 valence electrons.